The maximum atomic E-state index is 11.8. The fourth-order valence-electron chi connectivity index (χ4n) is 1.62. The van der Waals surface area contributed by atoms with Crippen LogP contribution in [0.2, 0.25) is 0 Å². The first-order chi connectivity index (χ1) is 8.58. The molecule has 1 aromatic rings. The number of hydrogen-bond donors (Lipinski definition) is 1. The molecule has 3 heteroatoms. The SMILES string of the molecule is C=CC(=C)[C@@H](Cc1ccc(O)cc1)C(=O)OCC. The summed E-state index contributed by atoms with van der Waals surface area (Å²) in [6.07, 6.45) is 2.06. The molecule has 0 aliphatic heterocycles. The van der Waals surface area contributed by atoms with Gasteiger partial charge in [-0.15, -0.1) is 0 Å². The zero-order valence-corrected chi connectivity index (χ0v) is 10.6. The van der Waals surface area contributed by atoms with Crippen molar-refractivity contribution in [3.63, 3.8) is 0 Å². The zero-order valence-electron chi connectivity index (χ0n) is 10.6. The number of aromatic hydroxyl groups is 1. The minimum atomic E-state index is -0.424. The quantitative estimate of drug-likeness (QED) is 0.620. The van der Waals surface area contributed by atoms with Crippen LogP contribution in [0.1, 0.15) is 12.5 Å². The van der Waals surface area contributed by atoms with Crippen molar-refractivity contribution in [3.8, 4) is 5.75 Å². The molecule has 0 aliphatic carbocycles. The van der Waals surface area contributed by atoms with Crippen molar-refractivity contribution >= 4 is 5.97 Å². The summed E-state index contributed by atoms with van der Waals surface area (Å²) in [5, 5.41) is 9.21. The standard InChI is InChI=1S/C15H18O3/c1-4-11(3)14(15(17)18-5-2)10-12-6-8-13(16)9-7-12/h4,6-9,14,16H,1,3,5,10H2,2H3/t14-/m1/s1. The number of benzene rings is 1. The van der Waals surface area contributed by atoms with E-state index in [2.05, 4.69) is 13.2 Å². The van der Waals surface area contributed by atoms with Gasteiger partial charge in [-0.25, -0.2) is 0 Å². The average molecular weight is 246 g/mol. The summed E-state index contributed by atoms with van der Waals surface area (Å²) in [4.78, 5) is 11.8. The molecular formula is C15H18O3. The molecular weight excluding hydrogens is 228 g/mol. The Morgan fingerprint density at radius 3 is 2.56 bits per heavy atom. The number of allylic oxidation sites excluding steroid dienone is 1. The second-order valence-corrected chi connectivity index (χ2v) is 3.95. The van der Waals surface area contributed by atoms with Crippen LogP contribution in [0.15, 0.2) is 49.1 Å². The number of rotatable bonds is 6. The van der Waals surface area contributed by atoms with E-state index in [1.54, 1.807) is 37.3 Å². The van der Waals surface area contributed by atoms with Gasteiger partial charge in [0.1, 0.15) is 5.75 Å². The molecule has 1 rings (SSSR count). The molecule has 0 aliphatic rings. The summed E-state index contributed by atoms with van der Waals surface area (Å²) < 4.78 is 5.03. The van der Waals surface area contributed by atoms with E-state index in [9.17, 15) is 9.90 Å². The van der Waals surface area contributed by atoms with Gasteiger partial charge >= 0.3 is 5.97 Å². The van der Waals surface area contributed by atoms with Crippen LogP contribution in [0, 0.1) is 5.92 Å². The van der Waals surface area contributed by atoms with Gasteiger partial charge in [-0.05, 0) is 36.6 Å². The predicted molar refractivity (Wildman–Crippen MR) is 71.3 cm³/mol. The van der Waals surface area contributed by atoms with Gasteiger partial charge in [0, 0.05) is 0 Å². The lowest BCUT2D eigenvalue weighted by Crippen LogP contribution is -2.21. The summed E-state index contributed by atoms with van der Waals surface area (Å²) in [6, 6.07) is 6.73. The largest absolute Gasteiger partial charge is 0.508 e. The van der Waals surface area contributed by atoms with E-state index in [4.69, 9.17) is 4.74 Å². The van der Waals surface area contributed by atoms with Crippen molar-refractivity contribution in [3.05, 3.63) is 54.6 Å². The average Bonchev–Trinajstić information content (AvgIpc) is 2.37. The molecule has 0 saturated heterocycles. The van der Waals surface area contributed by atoms with Gasteiger partial charge in [-0.1, -0.05) is 31.4 Å². The Bertz CT molecular complexity index is 432. The van der Waals surface area contributed by atoms with Gasteiger partial charge < -0.3 is 9.84 Å². The maximum Gasteiger partial charge on any atom is 0.313 e. The molecule has 3 nitrogen and oxygen atoms in total. The van der Waals surface area contributed by atoms with Gasteiger partial charge in [0.25, 0.3) is 0 Å². The number of esters is 1. The highest BCUT2D eigenvalue weighted by atomic mass is 16.5. The number of ether oxygens (including phenoxy) is 1. The highest BCUT2D eigenvalue weighted by Gasteiger charge is 2.21. The molecule has 0 bridgehead atoms. The van der Waals surface area contributed by atoms with Crippen LogP contribution in [0.25, 0.3) is 0 Å². The smallest absolute Gasteiger partial charge is 0.313 e. The molecule has 0 unspecified atom stereocenters. The summed E-state index contributed by atoms with van der Waals surface area (Å²) in [5.74, 6) is -0.517. The molecule has 0 aromatic heterocycles. The summed E-state index contributed by atoms with van der Waals surface area (Å²) in [7, 11) is 0. The Morgan fingerprint density at radius 1 is 1.44 bits per heavy atom. The molecule has 0 amide bonds. The first-order valence-corrected chi connectivity index (χ1v) is 5.84. The van der Waals surface area contributed by atoms with E-state index in [1.807, 2.05) is 0 Å². The van der Waals surface area contributed by atoms with Gasteiger partial charge in [0.2, 0.25) is 0 Å². The summed E-state index contributed by atoms with van der Waals surface area (Å²) in [5.41, 5.74) is 1.58. The van der Waals surface area contributed by atoms with E-state index >= 15 is 0 Å². The van der Waals surface area contributed by atoms with Crippen molar-refractivity contribution in [1.29, 1.82) is 0 Å². The molecule has 0 fully saturated rings. The van der Waals surface area contributed by atoms with Crippen LogP contribution in [-0.4, -0.2) is 17.7 Å². The number of carbonyl (C=O) groups excluding carboxylic acids is 1. The maximum absolute atomic E-state index is 11.8. The van der Waals surface area contributed by atoms with Crippen molar-refractivity contribution < 1.29 is 14.6 Å². The van der Waals surface area contributed by atoms with Crippen LogP contribution in [0.5, 0.6) is 5.75 Å². The van der Waals surface area contributed by atoms with Gasteiger partial charge in [0.05, 0.1) is 12.5 Å². The van der Waals surface area contributed by atoms with E-state index in [1.165, 1.54) is 0 Å². The summed E-state index contributed by atoms with van der Waals surface area (Å²) >= 11 is 0. The van der Waals surface area contributed by atoms with Crippen LogP contribution in [-0.2, 0) is 16.0 Å². The monoisotopic (exact) mass is 246 g/mol. The van der Waals surface area contributed by atoms with E-state index in [-0.39, 0.29) is 11.7 Å². The molecule has 1 aromatic carbocycles. The Hall–Kier alpha value is -2.03. The van der Waals surface area contributed by atoms with Gasteiger partial charge in [-0.2, -0.15) is 0 Å². The Kier molecular flexibility index (Phi) is 5.18. The normalized spacial score (nSPS) is 11.6. The summed E-state index contributed by atoms with van der Waals surface area (Å²) in [6.45, 7) is 9.57. The third-order valence-electron chi connectivity index (χ3n) is 2.66. The minimum Gasteiger partial charge on any atom is -0.508 e. The van der Waals surface area contributed by atoms with Crippen LogP contribution in [0.3, 0.4) is 0 Å². The minimum absolute atomic E-state index is 0.203. The molecule has 18 heavy (non-hydrogen) atoms. The molecule has 0 heterocycles. The first-order valence-electron chi connectivity index (χ1n) is 5.84. The third kappa shape index (κ3) is 3.77. The number of hydrogen-bond acceptors (Lipinski definition) is 3. The molecule has 0 radical (unpaired) electrons. The number of phenols is 1. The molecule has 0 saturated carbocycles. The second kappa shape index (κ2) is 6.64. The van der Waals surface area contributed by atoms with Gasteiger partial charge in [-0.3, -0.25) is 4.79 Å². The molecule has 1 N–H and O–H groups in total. The lowest BCUT2D eigenvalue weighted by Gasteiger charge is -2.16. The fourth-order valence-corrected chi connectivity index (χ4v) is 1.62. The van der Waals surface area contributed by atoms with Crippen molar-refractivity contribution in [1.82, 2.24) is 0 Å². The molecule has 96 valence electrons. The number of carbonyl (C=O) groups is 1. The fraction of sp³-hybridized carbons (Fsp3) is 0.267. The van der Waals surface area contributed by atoms with E-state index < -0.39 is 5.92 Å². The highest BCUT2D eigenvalue weighted by molar-refractivity contribution is 5.76. The Labute approximate surface area is 107 Å². The van der Waals surface area contributed by atoms with Gasteiger partial charge in [0.15, 0.2) is 0 Å². The molecule has 1 atom stereocenters. The highest BCUT2D eigenvalue weighted by Crippen LogP contribution is 2.20. The van der Waals surface area contributed by atoms with Crippen molar-refractivity contribution in [2.24, 2.45) is 5.92 Å². The van der Waals surface area contributed by atoms with Crippen LogP contribution >= 0.6 is 0 Å². The van der Waals surface area contributed by atoms with Crippen molar-refractivity contribution in [2.45, 2.75) is 13.3 Å². The Balaban J connectivity index is 2.84. The number of phenolic OH excluding ortho intramolecular Hbond substituents is 1. The van der Waals surface area contributed by atoms with Crippen molar-refractivity contribution in [2.75, 3.05) is 6.61 Å². The topological polar surface area (TPSA) is 46.5 Å². The van der Waals surface area contributed by atoms with Crippen LogP contribution < -0.4 is 0 Å². The lowest BCUT2D eigenvalue weighted by molar-refractivity contribution is -0.146. The zero-order chi connectivity index (χ0) is 13.5. The first kappa shape index (κ1) is 14.0. The lowest BCUT2D eigenvalue weighted by atomic mass is 9.92. The van der Waals surface area contributed by atoms with Crippen LogP contribution in [0.4, 0.5) is 0 Å². The van der Waals surface area contributed by atoms with E-state index in [0.29, 0.717) is 18.6 Å². The van der Waals surface area contributed by atoms with E-state index in [0.717, 1.165) is 5.56 Å². The Morgan fingerprint density at radius 2 is 2.06 bits per heavy atom. The predicted octanol–water partition coefficient (Wildman–Crippen LogP) is 2.86. The molecule has 0 spiro atoms. The second-order valence-electron chi connectivity index (χ2n) is 3.95. The third-order valence-corrected chi connectivity index (χ3v) is 2.66.